The van der Waals surface area contributed by atoms with Crippen molar-refractivity contribution in [3.05, 3.63) is 35.4 Å². The number of amides is 1. The van der Waals surface area contributed by atoms with Crippen LogP contribution in [0.3, 0.4) is 0 Å². The third kappa shape index (κ3) is 2.80. The van der Waals surface area contributed by atoms with Crippen molar-refractivity contribution in [3.8, 4) is 0 Å². The monoisotopic (exact) mass is 260 g/mol. The summed E-state index contributed by atoms with van der Waals surface area (Å²) in [6.07, 6.45) is 1.91. The van der Waals surface area contributed by atoms with E-state index < -0.39 is 0 Å². The van der Waals surface area contributed by atoms with E-state index >= 15 is 0 Å². The molecule has 1 saturated heterocycles. The van der Waals surface area contributed by atoms with Gasteiger partial charge in [0.25, 0.3) is 0 Å². The summed E-state index contributed by atoms with van der Waals surface area (Å²) in [5.74, 6) is 0.168. The van der Waals surface area contributed by atoms with Gasteiger partial charge in [0.1, 0.15) is 0 Å². The highest BCUT2D eigenvalue weighted by Gasteiger charge is 2.25. The number of hydrogen-bond donors (Lipinski definition) is 2. The molecule has 0 bridgehead atoms. The summed E-state index contributed by atoms with van der Waals surface area (Å²) in [5.41, 5.74) is 2.71. The van der Waals surface area contributed by atoms with E-state index in [9.17, 15) is 4.79 Å². The Bertz CT molecular complexity index is 455. The first kappa shape index (κ1) is 12.6. The zero-order valence-corrected chi connectivity index (χ0v) is 11.0. The van der Waals surface area contributed by atoms with Crippen molar-refractivity contribution < 1.29 is 9.53 Å². The largest absolute Gasteiger partial charge is 0.381 e. The summed E-state index contributed by atoms with van der Waals surface area (Å²) in [5, 5.41) is 6.53. The van der Waals surface area contributed by atoms with Crippen LogP contribution in [0.4, 0.5) is 0 Å². The lowest BCUT2D eigenvalue weighted by atomic mass is 9.94. The summed E-state index contributed by atoms with van der Waals surface area (Å²) < 4.78 is 5.25. The third-order valence-corrected chi connectivity index (χ3v) is 4.00. The first-order valence-electron chi connectivity index (χ1n) is 7.01. The van der Waals surface area contributed by atoms with Gasteiger partial charge in [0.05, 0.1) is 12.5 Å². The fraction of sp³-hybridized carbons (Fsp3) is 0.533. The summed E-state index contributed by atoms with van der Waals surface area (Å²) in [6, 6.07) is 8.70. The number of carbonyl (C=O) groups excluding carboxylic acids is 1. The van der Waals surface area contributed by atoms with Crippen molar-refractivity contribution in [2.45, 2.75) is 18.9 Å². The summed E-state index contributed by atoms with van der Waals surface area (Å²) in [6.45, 7) is 2.92. The molecule has 0 saturated carbocycles. The Labute approximate surface area is 113 Å². The van der Waals surface area contributed by atoms with Crippen molar-refractivity contribution in [1.82, 2.24) is 10.6 Å². The van der Waals surface area contributed by atoms with Gasteiger partial charge in [-0.2, -0.15) is 0 Å². The molecule has 1 amide bonds. The van der Waals surface area contributed by atoms with Crippen molar-refractivity contribution in [3.63, 3.8) is 0 Å². The second kappa shape index (κ2) is 5.72. The molecule has 1 aromatic carbocycles. The van der Waals surface area contributed by atoms with Crippen LogP contribution >= 0.6 is 0 Å². The third-order valence-electron chi connectivity index (χ3n) is 4.00. The quantitative estimate of drug-likeness (QED) is 0.853. The molecule has 4 nitrogen and oxygen atoms in total. The topological polar surface area (TPSA) is 50.4 Å². The molecule has 2 N–H and O–H groups in total. The molecule has 4 heteroatoms. The normalized spacial score (nSPS) is 25.9. The predicted octanol–water partition coefficient (Wildman–Crippen LogP) is 1.03. The second-order valence-corrected chi connectivity index (χ2v) is 5.26. The maximum absolute atomic E-state index is 12.0. The van der Waals surface area contributed by atoms with Gasteiger partial charge in [0, 0.05) is 19.2 Å². The van der Waals surface area contributed by atoms with Gasteiger partial charge in [-0.3, -0.25) is 4.79 Å². The molecule has 19 heavy (non-hydrogen) atoms. The van der Waals surface area contributed by atoms with Crippen molar-refractivity contribution >= 4 is 5.91 Å². The minimum Gasteiger partial charge on any atom is -0.381 e. The van der Waals surface area contributed by atoms with E-state index in [1.165, 1.54) is 11.1 Å². The van der Waals surface area contributed by atoms with Gasteiger partial charge in [-0.25, -0.2) is 0 Å². The molecule has 1 aromatic rings. The van der Waals surface area contributed by atoms with E-state index in [0.29, 0.717) is 19.8 Å². The average molecular weight is 260 g/mol. The molecule has 2 aliphatic heterocycles. The highest BCUT2D eigenvalue weighted by molar-refractivity contribution is 5.79. The van der Waals surface area contributed by atoms with Gasteiger partial charge < -0.3 is 15.4 Å². The Kier molecular flexibility index (Phi) is 3.80. The summed E-state index contributed by atoms with van der Waals surface area (Å²) >= 11 is 0. The van der Waals surface area contributed by atoms with E-state index in [2.05, 4.69) is 34.9 Å². The highest BCUT2D eigenvalue weighted by Crippen LogP contribution is 2.22. The molecule has 2 aliphatic rings. The van der Waals surface area contributed by atoms with Crippen LogP contribution in [0.2, 0.25) is 0 Å². The van der Waals surface area contributed by atoms with Crippen LogP contribution in [0.1, 0.15) is 23.6 Å². The molecular formula is C15H20N2O2. The molecule has 102 valence electrons. The molecule has 2 unspecified atom stereocenters. The smallest absolute Gasteiger partial charge is 0.225 e. The maximum Gasteiger partial charge on any atom is 0.225 e. The van der Waals surface area contributed by atoms with Crippen LogP contribution in [0, 0.1) is 5.92 Å². The minimum atomic E-state index is 0.0406. The van der Waals surface area contributed by atoms with Crippen LogP contribution in [0.15, 0.2) is 24.3 Å². The van der Waals surface area contributed by atoms with Crippen LogP contribution < -0.4 is 10.6 Å². The number of carbonyl (C=O) groups is 1. The molecule has 0 radical (unpaired) electrons. The first-order valence-corrected chi connectivity index (χ1v) is 7.01. The molecule has 0 aliphatic carbocycles. The Balaban J connectivity index is 1.60. The van der Waals surface area contributed by atoms with Gasteiger partial charge in [-0.15, -0.1) is 0 Å². The lowest BCUT2D eigenvalue weighted by Gasteiger charge is -2.27. The number of rotatable bonds is 3. The van der Waals surface area contributed by atoms with Crippen LogP contribution in [-0.2, 0) is 16.0 Å². The minimum absolute atomic E-state index is 0.0406. The van der Waals surface area contributed by atoms with E-state index in [1.54, 1.807) is 0 Å². The van der Waals surface area contributed by atoms with Gasteiger partial charge in [0.15, 0.2) is 0 Å². The van der Waals surface area contributed by atoms with Crippen molar-refractivity contribution in [2.75, 3.05) is 26.3 Å². The molecule has 0 aromatic heterocycles. The van der Waals surface area contributed by atoms with Gasteiger partial charge in [-0.1, -0.05) is 24.3 Å². The van der Waals surface area contributed by atoms with Crippen molar-refractivity contribution in [1.29, 1.82) is 0 Å². The molecule has 2 heterocycles. The van der Waals surface area contributed by atoms with Crippen LogP contribution in [-0.4, -0.2) is 32.2 Å². The molecule has 3 rings (SSSR count). The standard InChI is InChI=1S/C15H20N2O2/c18-15(12-6-8-19-10-12)17-9-14-13-4-2-1-3-11(13)5-7-16-14/h1-4,12,14,16H,5-10H2,(H,17,18). The Morgan fingerprint density at radius 3 is 3.16 bits per heavy atom. The zero-order valence-electron chi connectivity index (χ0n) is 11.0. The first-order chi connectivity index (χ1) is 9.34. The van der Waals surface area contributed by atoms with Crippen molar-refractivity contribution in [2.24, 2.45) is 5.92 Å². The number of nitrogens with one attached hydrogen (secondary N) is 2. The second-order valence-electron chi connectivity index (χ2n) is 5.26. The lowest BCUT2D eigenvalue weighted by Crippen LogP contribution is -2.40. The fourth-order valence-electron chi connectivity index (χ4n) is 2.86. The molecule has 0 spiro atoms. The Morgan fingerprint density at radius 2 is 2.32 bits per heavy atom. The number of hydrogen-bond acceptors (Lipinski definition) is 3. The average Bonchev–Trinajstić information content (AvgIpc) is 2.99. The summed E-state index contributed by atoms with van der Waals surface area (Å²) in [4.78, 5) is 12.0. The van der Waals surface area contributed by atoms with Crippen LogP contribution in [0.25, 0.3) is 0 Å². The predicted molar refractivity (Wildman–Crippen MR) is 72.8 cm³/mol. The fourth-order valence-corrected chi connectivity index (χ4v) is 2.86. The molecule has 2 atom stereocenters. The van der Waals surface area contributed by atoms with E-state index in [-0.39, 0.29) is 17.9 Å². The number of ether oxygens (including phenoxy) is 1. The highest BCUT2D eigenvalue weighted by atomic mass is 16.5. The van der Waals surface area contributed by atoms with E-state index in [0.717, 1.165) is 19.4 Å². The Hall–Kier alpha value is -1.39. The molecular weight excluding hydrogens is 240 g/mol. The Morgan fingerprint density at radius 1 is 1.42 bits per heavy atom. The van der Waals surface area contributed by atoms with Crippen LogP contribution in [0.5, 0.6) is 0 Å². The number of benzene rings is 1. The maximum atomic E-state index is 12.0. The van der Waals surface area contributed by atoms with Gasteiger partial charge >= 0.3 is 0 Å². The SMILES string of the molecule is O=C(NCC1NCCc2ccccc21)C1CCOC1. The van der Waals surface area contributed by atoms with Gasteiger partial charge in [0.2, 0.25) is 5.91 Å². The van der Waals surface area contributed by atoms with E-state index in [1.807, 2.05) is 0 Å². The summed E-state index contributed by atoms with van der Waals surface area (Å²) in [7, 11) is 0. The van der Waals surface area contributed by atoms with Gasteiger partial charge in [-0.05, 0) is 30.5 Å². The lowest BCUT2D eigenvalue weighted by molar-refractivity contribution is -0.125. The number of fused-ring (bicyclic) bond motifs is 1. The van der Waals surface area contributed by atoms with E-state index in [4.69, 9.17) is 4.74 Å². The zero-order chi connectivity index (χ0) is 13.1. The molecule has 1 fully saturated rings.